The Kier molecular flexibility index (Phi) is 6.97. The van der Waals surface area contributed by atoms with Crippen molar-refractivity contribution in [1.29, 1.82) is 0 Å². The smallest absolute Gasteiger partial charge is 0.373 e. The van der Waals surface area contributed by atoms with Crippen LogP contribution in [0.5, 0.6) is 11.6 Å². The van der Waals surface area contributed by atoms with Crippen LogP contribution in [0.3, 0.4) is 0 Å². The molecule has 176 valence electrons. The van der Waals surface area contributed by atoms with Crippen molar-refractivity contribution in [3.63, 3.8) is 0 Å². The second-order valence-electron chi connectivity index (χ2n) is 7.13. The predicted molar refractivity (Wildman–Crippen MR) is 124 cm³/mol. The third kappa shape index (κ3) is 5.29. The molecular weight excluding hydrogens is 462 g/mol. The maximum absolute atomic E-state index is 12.1. The number of rotatable bonds is 10. The number of nitro groups is 1. The molecule has 0 atom stereocenters. The molecule has 0 amide bonds. The van der Waals surface area contributed by atoms with E-state index in [1.807, 2.05) is 13.0 Å². The molecular formula is C22H21N5O6S. The summed E-state index contributed by atoms with van der Waals surface area (Å²) >= 11 is 1.54. The lowest BCUT2D eigenvalue weighted by Gasteiger charge is -2.22. The molecule has 0 fully saturated rings. The zero-order chi connectivity index (χ0) is 24.1. The van der Waals surface area contributed by atoms with Gasteiger partial charge in [0.1, 0.15) is 17.8 Å². The molecule has 12 heteroatoms. The van der Waals surface area contributed by atoms with Crippen LogP contribution >= 0.6 is 11.3 Å². The van der Waals surface area contributed by atoms with E-state index >= 15 is 0 Å². The summed E-state index contributed by atoms with van der Waals surface area (Å²) in [5.74, 6) is 0.258. The van der Waals surface area contributed by atoms with Crippen LogP contribution in [0.1, 0.15) is 24.1 Å². The number of nitrogens with zero attached hydrogens (tertiary/aromatic N) is 5. The van der Waals surface area contributed by atoms with E-state index in [4.69, 9.17) is 13.9 Å². The molecule has 3 heterocycles. The van der Waals surface area contributed by atoms with E-state index in [9.17, 15) is 14.9 Å². The lowest BCUT2D eigenvalue weighted by atomic mass is 10.3. The van der Waals surface area contributed by atoms with Gasteiger partial charge in [-0.25, -0.2) is 9.97 Å². The number of hydrogen-bond donors (Lipinski definition) is 0. The number of aromatic nitrogens is 3. The molecule has 1 aromatic carbocycles. The molecule has 0 saturated heterocycles. The molecule has 0 N–H and O–H groups in total. The number of furan rings is 1. The fraction of sp³-hybridized carbons (Fsp3) is 0.273. The molecule has 0 bridgehead atoms. The largest absolute Gasteiger partial charge is 0.467 e. The van der Waals surface area contributed by atoms with E-state index in [0.717, 1.165) is 15.2 Å². The molecule has 0 aliphatic heterocycles. The number of anilines is 1. The summed E-state index contributed by atoms with van der Waals surface area (Å²) in [6, 6.07) is 8.68. The van der Waals surface area contributed by atoms with Crippen molar-refractivity contribution in [2.45, 2.75) is 26.8 Å². The molecule has 0 aliphatic carbocycles. The Morgan fingerprint density at radius 1 is 1.29 bits per heavy atom. The van der Waals surface area contributed by atoms with E-state index in [-0.39, 0.29) is 37.8 Å². The van der Waals surface area contributed by atoms with Crippen molar-refractivity contribution in [3.05, 3.63) is 63.8 Å². The van der Waals surface area contributed by atoms with Gasteiger partial charge in [-0.1, -0.05) is 0 Å². The van der Waals surface area contributed by atoms with E-state index in [0.29, 0.717) is 11.5 Å². The van der Waals surface area contributed by atoms with Gasteiger partial charge in [-0.05, 0) is 38.1 Å². The normalized spacial score (nSPS) is 10.9. The molecule has 34 heavy (non-hydrogen) atoms. The molecule has 4 rings (SSSR count). The third-order valence-electron chi connectivity index (χ3n) is 4.75. The van der Waals surface area contributed by atoms with Gasteiger partial charge in [0.25, 0.3) is 0 Å². The Bertz CT molecular complexity index is 1310. The van der Waals surface area contributed by atoms with Crippen LogP contribution in [0.25, 0.3) is 10.2 Å². The van der Waals surface area contributed by atoms with Gasteiger partial charge < -0.3 is 18.8 Å². The predicted octanol–water partition coefficient (Wildman–Crippen LogP) is 4.65. The SMILES string of the molecule is CCOC(=O)CCN(Cc1ccco1)c1ncnc(Oc2ccc3sc(C)nc3c2)c1[N+](=O)[O-]. The van der Waals surface area contributed by atoms with Gasteiger partial charge in [-0.2, -0.15) is 4.98 Å². The Morgan fingerprint density at radius 3 is 2.88 bits per heavy atom. The number of fused-ring (bicyclic) bond motifs is 1. The average Bonchev–Trinajstić information content (AvgIpc) is 3.44. The Morgan fingerprint density at radius 2 is 2.15 bits per heavy atom. The Hall–Kier alpha value is -4.06. The highest BCUT2D eigenvalue weighted by atomic mass is 32.1. The zero-order valence-corrected chi connectivity index (χ0v) is 19.3. The summed E-state index contributed by atoms with van der Waals surface area (Å²) in [5, 5.41) is 13.0. The minimum absolute atomic E-state index is 0.00118. The molecule has 11 nitrogen and oxygen atoms in total. The molecule has 4 aromatic rings. The average molecular weight is 484 g/mol. The summed E-state index contributed by atoms with van der Waals surface area (Å²) in [6.07, 6.45) is 2.69. The highest BCUT2D eigenvalue weighted by Crippen LogP contribution is 2.37. The molecule has 0 saturated carbocycles. The zero-order valence-electron chi connectivity index (χ0n) is 18.5. The quantitative estimate of drug-likeness (QED) is 0.178. The van der Waals surface area contributed by atoms with Crippen LogP contribution in [0.4, 0.5) is 11.5 Å². The standard InChI is InChI=1S/C22H21N5O6S/c1-3-31-19(28)8-9-26(12-16-5-4-10-32-16)21-20(27(29)30)22(24-13-23-21)33-15-6-7-18-17(11-15)25-14(2)34-18/h4-7,10-11,13H,3,8-9,12H2,1-2H3. The van der Waals surface area contributed by atoms with Crippen LogP contribution in [0, 0.1) is 17.0 Å². The van der Waals surface area contributed by atoms with Crippen LogP contribution < -0.4 is 9.64 Å². The highest BCUT2D eigenvalue weighted by molar-refractivity contribution is 7.18. The summed E-state index contributed by atoms with van der Waals surface area (Å²) in [6.45, 7) is 4.11. The number of hydrogen-bond acceptors (Lipinski definition) is 11. The second-order valence-corrected chi connectivity index (χ2v) is 8.36. The van der Waals surface area contributed by atoms with Gasteiger partial charge in [0.2, 0.25) is 5.82 Å². The van der Waals surface area contributed by atoms with Crippen molar-refractivity contribution in [3.8, 4) is 11.6 Å². The van der Waals surface area contributed by atoms with E-state index in [2.05, 4.69) is 15.0 Å². The summed E-state index contributed by atoms with van der Waals surface area (Å²) in [7, 11) is 0. The number of thiazole rings is 1. The number of carbonyl (C=O) groups is 1. The van der Waals surface area contributed by atoms with Crippen molar-refractivity contribution >= 4 is 39.0 Å². The lowest BCUT2D eigenvalue weighted by Crippen LogP contribution is -2.28. The molecule has 0 spiro atoms. The fourth-order valence-corrected chi connectivity index (χ4v) is 4.13. The fourth-order valence-electron chi connectivity index (χ4n) is 3.33. The highest BCUT2D eigenvalue weighted by Gasteiger charge is 2.30. The number of aryl methyl sites for hydroxylation is 1. The van der Waals surface area contributed by atoms with E-state index < -0.39 is 16.6 Å². The van der Waals surface area contributed by atoms with Crippen molar-refractivity contribution in [2.75, 3.05) is 18.1 Å². The molecule has 3 aromatic heterocycles. The van der Waals surface area contributed by atoms with Gasteiger partial charge in [0.05, 0.1) is 46.0 Å². The van der Waals surface area contributed by atoms with Crippen molar-refractivity contribution in [1.82, 2.24) is 15.0 Å². The third-order valence-corrected chi connectivity index (χ3v) is 5.70. The number of benzene rings is 1. The molecule has 0 unspecified atom stereocenters. The first kappa shape index (κ1) is 23.1. The summed E-state index contributed by atoms with van der Waals surface area (Å²) < 4.78 is 17.2. The molecule has 0 aliphatic rings. The first-order valence-electron chi connectivity index (χ1n) is 10.4. The van der Waals surface area contributed by atoms with Crippen LogP contribution in [0.15, 0.2) is 47.3 Å². The summed E-state index contributed by atoms with van der Waals surface area (Å²) in [5.41, 5.74) is 0.304. The monoisotopic (exact) mass is 483 g/mol. The van der Waals surface area contributed by atoms with Gasteiger partial charge in [-0.15, -0.1) is 11.3 Å². The van der Waals surface area contributed by atoms with Crippen LogP contribution in [0.2, 0.25) is 0 Å². The van der Waals surface area contributed by atoms with E-state index in [1.165, 1.54) is 12.6 Å². The Balaban J connectivity index is 1.68. The maximum atomic E-state index is 12.1. The number of carbonyl (C=O) groups excluding carboxylic acids is 1. The molecule has 0 radical (unpaired) electrons. The van der Waals surface area contributed by atoms with Crippen molar-refractivity contribution in [2.24, 2.45) is 0 Å². The minimum atomic E-state index is -0.602. The second kappa shape index (κ2) is 10.3. The maximum Gasteiger partial charge on any atom is 0.373 e. The number of ether oxygens (including phenoxy) is 2. The Labute approximate surface area is 198 Å². The van der Waals surface area contributed by atoms with Gasteiger partial charge in [0, 0.05) is 12.6 Å². The van der Waals surface area contributed by atoms with Crippen LogP contribution in [-0.2, 0) is 16.1 Å². The van der Waals surface area contributed by atoms with Gasteiger partial charge in [-0.3, -0.25) is 14.9 Å². The van der Waals surface area contributed by atoms with Crippen molar-refractivity contribution < 1.29 is 23.6 Å². The lowest BCUT2D eigenvalue weighted by molar-refractivity contribution is -0.385. The summed E-state index contributed by atoms with van der Waals surface area (Å²) in [4.78, 5) is 37.6. The van der Waals surface area contributed by atoms with Crippen LogP contribution in [-0.4, -0.2) is 39.0 Å². The van der Waals surface area contributed by atoms with Gasteiger partial charge in [0.15, 0.2) is 0 Å². The van der Waals surface area contributed by atoms with Gasteiger partial charge >= 0.3 is 17.5 Å². The number of esters is 1. The minimum Gasteiger partial charge on any atom is -0.467 e. The topological polar surface area (TPSA) is 134 Å². The van der Waals surface area contributed by atoms with E-state index in [1.54, 1.807) is 47.4 Å². The first-order chi connectivity index (χ1) is 16.4. The first-order valence-corrected chi connectivity index (χ1v) is 11.2.